The van der Waals surface area contributed by atoms with E-state index in [1.165, 1.54) is 23.0 Å². The van der Waals surface area contributed by atoms with Crippen LogP contribution in [0, 0.1) is 0 Å². The molecule has 4 aromatic heterocycles. The molecule has 13 heteroatoms. The number of aromatic nitrogens is 7. The Balaban J connectivity index is 1.87. The first kappa shape index (κ1) is 17.9. The molecule has 30 heavy (non-hydrogen) atoms. The number of H-pyrrole nitrogens is 2. The van der Waals surface area contributed by atoms with Gasteiger partial charge >= 0.3 is 11.9 Å². The standard InChI is InChI=1S/C17H10F3N7O3/c18-17(19,20)8-1-2-10-9(5-8)22-14(28)13-23-12(15-24-25-16(29)30-15)11(27(10)13)6-26-4-3-21-7-26/h1-5,7H,6H2,(H,22,28)(H,25,29). The zero-order valence-electron chi connectivity index (χ0n) is 14.8. The quantitative estimate of drug-likeness (QED) is 0.461. The number of nitrogens with one attached hydrogen (secondary N) is 2. The summed E-state index contributed by atoms with van der Waals surface area (Å²) in [6.45, 7) is 0.132. The highest BCUT2D eigenvalue weighted by Gasteiger charge is 2.31. The van der Waals surface area contributed by atoms with E-state index in [1.807, 2.05) is 0 Å². The van der Waals surface area contributed by atoms with Gasteiger partial charge in [-0.05, 0) is 18.2 Å². The molecule has 0 bridgehead atoms. The Kier molecular flexibility index (Phi) is 3.68. The Labute approximate surface area is 162 Å². The molecular weight excluding hydrogens is 407 g/mol. The number of rotatable bonds is 3. The highest BCUT2D eigenvalue weighted by Crippen LogP contribution is 2.32. The first-order chi connectivity index (χ1) is 14.3. The summed E-state index contributed by atoms with van der Waals surface area (Å²) in [6.07, 6.45) is 0.137. The number of fused-ring (bicyclic) bond motifs is 3. The second-order valence-corrected chi connectivity index (χ2v) is 6.40. The van der Waals surface area contributed by atoms with Gasteiger partial charge in [0.25, 0.3) is 11.4 Å². The normalized spacial score (nSPS) is 12.2. The minimum atomic E-state index is -4.57. The molecule has 0 atom stereocenters. The summed E-state index contributed by atoms with van der Waals surface area (Å²) < 4.78 is 47.4. The van der Waals surface area contributed by atoms with Crippen molar-refractivity contribution < 1.29 is 17.6 Å². The summed E-state index contributed by atoms with van der Waals surface area (Å²) in [4.78, 5) is 34.6. The van der Waals surface area contributed by atoms with Gasteiger partial charge in [-0.2, -0.15) is 13.2 Å². The van der Waals surface area contributed by atoms with E-state index in [9.17, 15) is 22.8 Å². The van der Waals surface area contributed by atoms with Gasteiger partial charge in [0, 0.05) is 12.4 Å². The minimum Gasteiger partial charge on any atom is -0.386 e. The Morgan fingerprint density at radius 3 is 2.70 bits per heavy atom. The predicted molar refractivity (Wildman–Crippen MR) is 95.8 cm³/mol. The molecule has 5 rings (SSSR count). The van der Waals surface area contributed by atoms with E-state index in [4.69, 9.17) is 4.42 Å². The van der Waals surface area contributed by atoms with Crippen LogP contribution >= 0.6 is 0 Å². The average molecular weight is 417 g/mol. The molecule has 0 amide bonds. The average Bonchev–Trinajstić information content (AvgIpc) is 3.42. The number of alkyl halides is 3. The van der Waals surface area contributed by atoms with Crippen molar-refractivity contribution in [3.05, 3.63) is 69.1 Å². The lowest BCUT2D eigenvalue weighted by molar-refractivity contribution is -0.137. The van der Waals surface area contributed by atoms with Crippen LogP contribution in [-0.2, 0) is 12.7 Å². The number of aromatic amines is 2. The summed E-state index contributed by atoms with van der Waals surface area (Å²) in [7, 11) is 0. The predicted octanol–water partition coefficient (Wildman–Crippen LogP) is 1.78. The highest BCUT2D eigenvalue weighted by molar-refractivity contribution is 5.80. The van der Waals surface area contributed by atoms with E-state index in [1.54, 1.807) is 10.8 Å². The fourth-order valence-electron chi connectivity index (χ4n) is 3.25. The van der Waals surface area contributed by atoms with Crippen LogP contribution in [0.3, 0.4) is 0 Å². The van der Waals surface area contributed by atoms with Crippen LogP contribution in [0.4, 0.5) is 13.2 Å². The second kappa shape index (κ2) is 6.17. The summed E-state index contributed by atoms with van der Waals surface area (Å²) >= 11 is 0. The van der Waals surface area contributed by atoms with Crippen molar-refractivity contribution in [2.24, 2.45) is 0 Å². The molecular formula is C17H10F3N7O3. The van der Waals surface area contributed by atoms with Gasteiger partial charge in [0.15, 0.2) is 5.69 Å². The molecule has 4 heterocycles. The van der Waals surface area contributed by atoms with Gasteiger partial charge < -0.3 is 14.0 Å². The topological polar surface area (TPSA) is 127 Å². The molecule has 2 N–H and O–H groups in total. The number of halogens is 3. The highest BCUT2D eigenvalue weighted by atomic mass is 19.4. The van der Waals surface area contributed by atoms with Crippen molar-refractivity contribution in [1.29, 1.82) is 0 Å². The van der Waals surface area contributed by atoms with Crippen LogP contribution < -0.4 is 11.3 Å². The molecule has 0 saturated heterocycles. The van der Waals surface area contributed by atoms with Crippen molar-refractivity contribution in [3.8, 4) is 11.6 Å². The van der Waals surface area contributed by atoms with Gasteiger partial charge in [0.2, 0.25) is 5.65 Å². The molecule has 0 fully saturated rings. The molecule has 10 nitrogen and oxygen atoms in total. The van der Waals surface area contributed by atoms with E-state index in [0.29, 0.717) is 5.69 Å². The summed E-state index contributed by atoms with van der Waals surface area (Å²) in [5.74, 6) is -0.970. The first-order valence-corrected chi connectivity index (χ1v) is 8.47. The lowest BCUT2D eigenvalue weighted by Crippen LogP contribution is -2.14. The van der Waals surface area contributed by atoms with Crippen LogP contribution in [0.5, 0.6) is 0 Å². The Morgan fingerprint density at radius 1 is 1.20 bits per heavy atom. The summed E-state index contributed by atoms with van der Waals surface area (Å²) in [5, 5.41) is 5.88. The molecule has 0 saturated carbocycles. The lowest BCUT2D eigenvalue weighted by atomic mass is 10.2. The van der Waals surface area contributed by atoms with Crippen LogP contribution in [0.15, 0.2) is 50.9 Å². The van der Waals surface area contributed by atoms with Crippen molar-refractivity contribution in [3.63, 3.8) is 0 Å². The monoisotopic (exact) mass is 417 g/mol. The molecule has 0 aliphatic heterocycles. The zero-order valence-corrected chi connectivity index (χ0v) is 14.8. The maximum absolute atomic E-state index is 13.1. The van der Waals surface area contributed by atoms with Gasteiger partial charge in [-0.3, -0.25) is 9.20 Å². The van der Waals surface area contributed by atoms with Crippen molar-refractivity contribution in [1.82, 2.24) is 34.1 Å². The smallest absolute Gasteiger partial charge is 0.386 e. The van der Waals surface area contributed by atoms with E-state index < -0.39 is 23.1 Å². The summed E-state index contributed by atoms with van der Waals surface area (Å²) in [6, 6.07) is 3.01. The molecule has 0 spiro atoms. The number of benzene rings is 1. The van der Waals surface area contributed by atoms with E-state index in [2.05, 4.69) is 25.1 Å². The second-order valence-electron chi connectivity index (χ2n) is 6.40. The molecule has 5 aromatic rings. The fraction of sp³-hybridized carbons (Fsp3) is 0.118. The SMILES string of the molecule is O=c1[nH]nc(-c2nc3c(=O)[nH]c4cc(C(F)(F)F)ccc4n3c2Cn2ccnc2)o1. The van der Waals surface area contributed by atoms with E-state index in [0.717, 1.165) is 12.1 Å². The minimum absolute atomic E-state index is 0.0263. The van der Waals surface area contributed by atoms with Crippen LogP contribution in [0.25, 0.3) is 28.3 Å². The largest absolute Gasteiger partial charge is 0.434 e. The van der Waals surface area contributed by atoms with Gasteiger partial charge in [-0.15, -0.1) is 5.10 Å². The number of nitrogens with zero attached hydrogens (tertiary/aromatic N) is 5. The van der Waals surface area contributed by atoms with Crippen molar-refractivity contribution in [2.75, 3.05) is 0 Å². The third kappa shape index (κ3) is 2.78. The van der Waals surface area contributed by atoms with Crippen LogP contribution in [0.2, 0.25) is 0 Å². The first-order valence-electron chi connectivity index (χ1n) is 8.47. The molecule has 1 aromatic carbocycles. The zero-order chi connectivity index (χ0) is 21.0. The Morgan fingerprint density at radius 2 is 2.03 bits per heavy atom. The van der Waals surface area contributed by atoms with Gasteiger partial charge in [-0.1, -0.05) is 0 Å². The van der Waals surface area contributed by atoms with E-state index >= 15 is 0 Å². The molecule has 0 aliphatic carbocycles. The summed E-state index contributed by atoms with van der Waals surface area (Å²) in [5.41, 5.74) is -0.976. The van der Waals surface area contributed by atoms with Crippen LogP contribution in [0.1, 0.15) is 11.3 Å². The van der Waals surface area contributed by atoms with Crippen LogP contribution in [-0.4, -0.2) is 34.1 Å². The van der Waals surface area contributed by atoms with E-state index in [-0.39, 0.29) is 34.8 Å². The Bertz CT molecular complexity index is 1510. The maximum atomic E-state index is 13.1. The van der Waals surface area contributed by atoms with Gasteiger partial charge in [-0.25, -0.2) is 19.9 Å². The number of imidazole rings is 2. The van der Waals surface area contributed by atoms with Crippen molar-refractivity contribution in [2.45, 2.75) is 12.7 Å². The Hall–Kier alpha value is -4.16. The fourth-order valence-corrected chi connectivity index (χ4v) is 3.25. The third-order valence-electron chi connectivity index (χ3n) is 4.52. The molecule has 0 radical (unpaired) electrons. The van der Waals surface area contributed by atoms with Crippen molar-refractivity contribution >= 4 is 16.7 Å². The molecule has 152 valence electrons. The van der Waals surface area contributed by atoms with Gasteiger partial charge in [0.1, 0.15) is 0 Å². The maximum Gasteiger partial charge on any atom is 0.434 e. The lowest BCUT2D eigenvalue weighted by Gasteiger charge is -2.10. The number of hydrogen-bond donors (Lipinski definition) is 2. The molecule has 0 unspecified atom stereocenters. The third-order valence-corrected chi connectivity index (χ3v) is 4.52. The molecule has 0 aliphatic rings. The number of hydrogen-bond acceptors (Lipinski definition) is 6. The van der Waals surface area contributed by atoms with Gasteiger partial charge in [0.05, 0.1) is 35.2 Å².